The predicted molar refractivity (Wildman–Crippen MR) is 88.9 cm³/mol. The highest BCUT2D eigenvalue weighted by molar-refractivity contribution is 6.30. The van der Waals surface area contributed by atoms with Crippen molar-refractivity contribution in [1.29, 1.82) is 0 Å². The maximum Gasteiger partial charge on any atom is 0.247 e. The van der Waals surface area contributed by atoms with Crippen molar-refractivity contribution in [3.8, 4) is 0 Å². The average Bonchev–Trinajstić information content (AvgIpc) is 2.55. The summed E-state index contributed by atoms with van der Waals surface area (Å²) in [4.78, 5) is 9.14. The smallest absolute Gasteiger partial charge is 0.247 e. The van der Waals surface area contributed by atoms with E-state index in [1.54, 1.807) is 6.20 Å². The second-order valence-electron chi connectivity index (χ2n) is 5.20. The van der Waals surface area contributed by atoms with E-state index >= 15 is 0 Å². The van der Waals surface area contributed by atoms with Crippen LogP contribution in [0.4, 0.5) is 17.5 Å². The average molecular weight is 319 g/mol. The third kappa shape index (κ3) is 3.64. The van der Waals surface area contributed by atoms with Gasteiger partial charge >= 0.3 is 0 Å². The summed E-state index contributed by atoms with van der Waals surface area (Å²) in [6, 6.07) is 7.52. The number of nitrogens with one attached hydrogen (secondary N) is 1. The molecule has 0 aliphatic carbocycles. The molecule has 0 radical (unpaired) electrons. The largest absolute Gasteiger partial charge is 0.339 e. The first-order chi connectivity index (χ1) is 10.7. The van der Waals surface area contributed by atoms with E-state index in [0.29, 0.717) is 16.8 Å². The van der Waals surface area contributed by atoms with E-state index in [4.69, 9.17) is 11.6 Å². The van der Waals surface area contributed by atoms with Crippen LogP contribution in [0.5, 0.6) is 0 Å². The zero-order chi connectivity index (χ0) is 15.4. The SMILES string of the molecule is CCN1CCN(c2nncc(Nc3cccc(Cl)c3)n2)CC1. The first-order valence-corrected chi connectivity index (χ1v) is 7.82. The van der Waals surface area contributed by atoms with E-state index in [2.05, 4.69) is 37.2 Å². The van der Waals surface area contributed by atoms with E-state index in [1.807, 2.05) is 24.3 Å². The first-order valence-electron chi connectivity index (χ1n) is 7.44. The van der Waals surface area contributed by atoms with E-state index in [9.17, 15) is 0 Å². The molecule has 1 aromatic heterocycles. The lowest BCUT2D eigenvalue weighted by atomic mass is 10.3. The van der Waals surface area contributed by atoms with Gasteiger partial charge in [0, 0.05) is 36.9 Å². The Morgan fingerprint density at radius 2 is 2.05 bits per heavy atom. The van der Waals surface area contributed by atoms with Crippen molar-refractivity contribution >= 4 is 29.1 Å². The van der Waals surface area contributed by atoms with Gasteiger partial charge in [-0.15, -0.1) is 5.10 Å². The molecule has 116 valence electrons. The molecule has 0 spiro atoms. The summed E-state index contributed by atoms with van der Waals surface area (Å²) in [6.07, 6.45) is 1.62. The van der Waals surface area contributed by atoms with E-state index < -0.39 is 0 Å². The van der Waals surface area contributed by atoms with Gasteiger partial charge in [0.25, 0.3) is 0 Å². The zero-order valence-corrected chi connectivity index (χ0v) is 13.3. The predicted octanol–water partition coefficient (Wildman–Crippen LogP) is 2.41. The quantitative estimate of drug-likeness (QED) is 0.934. The van der Waals surface area contributed by atoms with Gasteiger partial charge in [0.2, 0.25) is 5.95 Å². The van der Waals surface area contributed by atoms with Crippen LogP contribution in [0.1, 0.15) is 6.92 Å². The maximum atomic E-state index is 5.99. The molecule has 1 N–H and O–H groups in total. The molecule has 1 aliphatic heterocycles. The molecular formula is C15H19ClN6. The molecule has 1 saturated heterocycles. The molecule has 0 amide bonds. The van der Waals surface area contributed by atoms with E-state index in [1.165, 1.54) is 0 Å². The molecule has 3 rings (SSSR count). The van der Waals surface area contributed by atoms with Crippen LogP contribution >= 0.6 is 11.6 Å². The lowest BCUT2D eigenvalue weighted by molar-refractivity contribution is 0.269. The lowest BCUT2D eigenvalue weighted by Crippen LogP contribution is -2.46. The van der Waals surface area contributed by atoms with Gasteiger partial charge in [-0.3, -0.25) is 0 Å². The van der Waals surface area contributed by atoms with Gasteiger partial charge in [0.15, 0.2) is 5.82 Å². The number of rotatable bonds is 4. The highest BCUT2D eigenvalue weighted by Gasteiger charge is 2.18. The summed E-state index contributed by atoms with van der Waals surface area (Å²) in [7, 11) is 0. The number of hydrogen-bond acceptors (Lipinski definition) is 6. The molecule has 2 aromatic rings. The number of nitrogens with zero attached hydrogens (tertiary/aromatic N) is 5. The van der Waals surface area contributed by atoms with Gasteiger partial charge in [0.1, 0.15) is 0 Å². The van der Waals surface area contributed by atoms with Crippen LogP contribution in [0, 0.1) is 0 Å². The zero-order valence-electron chi connectivity index (χ0n) is 12.5. The number of hydrogen-bond donors (Lipinski definition) is 1. The van der Waals surface area contributed by atoms with Crippen LogP contribution in [0.2, 0.25) is 5.02 Å². The Labute approximate surface area is 135 Å². The molecule has 0 atom stereocenters. The molecule has 1 aliphatic rings. The van der Waals surface area contributed by atoms with Crippen LogP contribution in [0.3, 0.4) is 0 Å². The van der Waals surface area contributed by atoms with E-state index in [-0.39, 0.29) is 0 Å². The Balaban J connectivity index is 1.70. The summed E-state index contributed by atoms with van der Waals surface area (Å²) in [5.41, 5.74) is 0.884. The number of benzene rings is 1. The van der Waals surface area contributed by atoms with Crippen molar-refractivity contribution in [2.24, 2.45) is 0 Å². The van der Waals surface area contributed by atoms with Gasteiger partial charge in [0.05, 0.1) is 6.20 Å². The second kappa shape index (κ2) is 6.89. The molecule has 0 unspecified atom stereocenters. The van der Waals surface area contributed by atoms with Crippen LogP contribution in [-0.2, 0) is 0 Å². The minimum atomic E-state index is 0.669. The molecule has 2 heterocycles. The van der Waals surface area contributed by atoms with Crippen molar-refractivity contribution in [2.75, 3.05) is 42.9 Å². The maximum absolute atomic E-state index is 5.99. The van der Waals surface area contributed by atoms with Crippen LogP contribution in [-0.4, -0.2) is 52.8 Å². The molecule has 1 aromatic carbocycles. The number of piperazine rings is 1. The van der Waals surface area contributed by atoms with Crippen molar-refractivity contribution in [3.63, 3.8) is 0 Å². The standard InChI is InChI=1S/C15H19ClN6/c1-2-21-6-8-22(9-7-21)15-19-14(11-17-20-15)18-13-5-3-4-12(16)10-13/h3-5,10-11H,2,6-9H2,1H3,(H,18,19,20). The summed E-state index contributed by atoms with van der Waals surface area (Å²) < 4.78 is 0. The lowest BCUT2D eigenvalue weighted by Gasteiger charge is -2.33. The summed E-state index contributed by atoms with van der Waals surface area (Å²) >= 11 is 5.99. The highest BCUT2D eigenvalue weighted by Crippen LogP contribution is 2.19. The molecule has 0 saturated carbocycles. The second-order valence-corrected chi connectivity index (χ2v) is 5.63. The number of halogens is 1. The fourth-order valence-corrected chi connectivity index (χ4v) is 2.66. The van der Waals surface area contributed by atoms with Crippen LogP contribution < -0.4 is 10.2 Å². The number of likely N-dealkylation sites (N-methyl/N-ethyl adjacent to an activating group) is 1. The number of aromatic nitrogens is 3. The summed E-state index contributed by atoms with van der Waals surface area (Å²) in [5, 5.41) is 12.1. The van der Waals surface area contributed by atoms with Gasteiger partial charge in [-0.2, -0.15) is 10.1 Å². The van der Waals surface area contributed by atoms with Crippen LogP contribution in [0.25, 0.3) is 0 Å². The van der Waals surface area contributed by atoms with Gasteiger partial charge in [-0.05, 0) is 24.7 Å². The topological polar surface area (TPSA) is 57.2 Å². The minimum absolute atomic E-state index is 0.669. The molecule has 6 nitrogen and oxygen atoms in total. The highest BCUT2D eigenvalue weighted by atomic mass is 35.5. The molecule has 1 fully saturated rings. The molecule has 22 heavy (non-hydrogen) atoms. The summed E-state index contributed by atoms with van der Waals surface area (Å²) in [5.74, 6) is 1.34. The normalized spacial score (nSPS) is 15.8. The molecule has 0 bridgehead atoms. The Bertz CT molecular complexity index is 627. The first kappa shape index (κ1) is 15.0. The monoisotopic (exact) mass is 318 g/mol. The van der Waals surface area contributed by atoms with Crippen LogP contribution in [0.15, 0.2) is 30.5 Å². The minimum Gasteiger partial charge on any atom is -0.339 e. The fourth-order valence-electron chi connectivity index (χ4n) is 2.47. The number of anilines is 3. The Hall–Kier alpha value is -1.92. The van der Waals surface area contributed by atoms with Crippen molar-refractivity contribution in [1.82, 2.24) is 20.1 Å². The Kier molecular flexibility index (Phi) is 4.70. The fraction of sp³-hybridized carbons (Fsp3) is 0.400. The van der Waals surface area contributed by atoms with Crippen molar-refractivity contribution in [2.45, 2.75) is 6.92 Å². The van der Waals surface area contributed by atoms with Crippen molar-refractivity contribution < 1.29 is 0 Å². The third-order valence-electron chi connectivity index (χ3n) is 3.75. The summed E-state index contributed by atoms with van der Waals surface area (Å²) in [6.45, 7) is 7.19. The van der Waals surface area contributed by atoms with Gasteiger partial charge < -0.3 is 15.1 Å². The Morgan fingerprint density at radius 3 is 2.77 bits per heavy atom. The van der Waals surface area contributed by atoms with E-state index in [0.717, 1.165) is 38.4 Å². The molecular weight excluding hydrogens is 300 g/mol. The molecule has 7 heteroatoms. The Morgan fingerprint density at radius 1 is 1.23 bits per heavy atom. The third-order valence-corrected chi connectivity index (χ3v) is 3.98. The van der Waals surface area contributed by atoms with Crippen molar-refractivity contribution in [3.05, 3.63) is 35.5 Å². The van der Waals surface area contributed by atoms with Gasteiger partial charge in [-0.1, -0.05) is 24.6 Å². The van der Waals surface area contributed by atoms with Gasteiger partial charge in [-0.25, -0.2) is 0 Å².